The van der Waals surface area contributed by atoms with Crippen molar-refractivity contribution in [2.45, 2.75) is 64.0 Å². The molecule has 2 aliphatic rings. The van der Waals surface area contributed by atoms with Crippen molar-refractivity contribution in [1.82, 2.24) is 4.90 Å². The van der Waals surface area contributed by atoms with Gasteiger partial charge in [-0.3, -0.25) is 4.79 Å². The Kier molecular flexibility index (Phi) is 5.64. The number of hydrogen-bond donors (Lipinski definition) is 1. The van der Waals surface area contributed by atoms with Crippen LogP contribution in [0.5, 0.6) is 0 Å². The summed E-state index contributed by atoms with van der Waals surface area (Å²) in [6.45, 7) is 3.69. The Balaban J connectivity index is 1.73. The van der Waals surface area contributed by atoms with Crippen LogP contribution in [0.1, 0.15) is 51.9 Å². The van der Waals surface area contributed by atoms with Crippen LogP contribution in [0.25, 0.3) is 0 Å². The molecule has 0 saturated heterocycles. The van der Waals surface area contributed by atoms with E-state index in [1.54, 1.807) is 0 Å². The fourth-order valence-corrected chi connectivity index (χ4v) is 3.03. The lowest BCUT2D eigenvalue weighted by atomic mass is 9.79. The lowest BCUT2D eigenvalue weighted by Crippen LogP contribution is -2.46. The molecule has 0 atom stereocenters. The van der Waals surface area contributed by atoms with Gasteiger partial charge in [-0.05, 0) is 51.4 Å². The molecule has 110 valence electrons. The Morgan fingerprint density at radius 2 is 2.11 bits per heavy atom. The number of ether oxygens (including phenoxy) is 1. The van der Waals surface area contributed by atoms with E-state index in [9.17, 15) is 4.79 Å². The first-order valence-electron chi connectivity index (χ1n) is 7.76. The van der Waals surface area contributed by atoms with Crippen LogP contribution in [-0.4, -0.2) is 47.8 Å². The van der Waals surface area contributed by atoms with Crippen molar-refractivity contribution in [3.8, 4) is 0 Å². The van der Waals surface area contributed by atoms with Gasteiger partial charge in [-0.2, -0.15) is 0 Å². The summed E-state index contributed by atoms with van der Waals surface area (Å²) >= 11 is 0. The summed E-state index contributed by atoms with van der Waals surface area (Å²) in [5, 5.41) is 8.95. The fourth-order valence-electron chi connectivity index (χ4n) is 3.03. The van der Waals surface area contributed by atoms with Gasteiger partial charge in [-0.1, -0.05) is 0 Å². The average molecular weight is 269 g/mol. The van der Waals surface area contributed by atoms with Crippen LogP contribution >= 0.6 is 0 Å². The molecule has 0 aromatic carbocycles. The van der Waals surface area contributed by atoms with Gasteiger partial charge in [0.2, 0.25) is 5.91 Å². The van der Waals surface area contributed by atoms with Crippen molar-refractivity contribution in [1.29, 1.82) is 0 Å². The predicted molar refractivity (Wildman–Crippen MR) is 73.8 cm³/mol. The highest BCUT2D eigenvalue weighted by Crippen LogP contribution is 2.34. The first kappa shape index (κ1) is 14.8. The van der Waals surface area contributed by atoms with Gasteiger partial charge in [-0.25, -0.2) is 0 Å². The van der Waals surface area contributed by atoms with Crippen LogP contribution in [-0.2, 0) is 9.53 Å². The standard InChI is InChI=1S/C15H27NO3/c1-2-19-14-9-12(10-14)11-15(18)16(7-4-8-17)13-5-3-6-13/h12-14,17H,2-11H2,1H3. The second-order valence-corrected chi connectivity index (χ2v) is 5.87. The quantitative estimate of drug-likeness (QED) is 0.733. The summed E-state index contributed by atoms with van der Waals surface area (Å²) in [7, 11) is 0. The van der Waals surface area contributed by atoms with Crippen molar-refractivity contribution in [2.75, 3.05) is 19.8 Å². The van der Waals surface area contributed by atoms with Gasteiger partial charge in [0.05, 0.1) is 6.10 Å². The van der Waals surface area contributed by atoms with Crippen molar-refractivity contribution in [2.24, 2.45) is 5.92 Å². The Bertz CT molecular complexity index is 285. The number of amides is 1. The summed E-state index contributed by atoms with van der Waals surface area (Å²) in [5.74, 6) is 0.804. The van der Waals surface area contributed by atoms with Crippen molar-refractivity contribution >= 4 is 5.91 Å². The van der Waals surface area contributed by atoms with E-state index in [1.807, 2.05) is 11.8 Å². The first-order valence-corrected chi connectivity index (χ1v) is 7.76. The lowest BCUT2D eigenvalue weighted by Gasteiger charge is -2.40. The minimum Gasteiger partial charge on any atom is -0.396 e. The van der Waals surface area contributed by atoms with Gasteiger partial charge >= 0.3 is 0 Å². The molecule has 0 aromatic rings. The highest BCUT2D eigenvalue weighted by atomic mass is 16.5. The Hall–Kier alpha value is -0.610. The minimum atomic E-state index is 0.173. The molecule has 0 heterocycles. The number of hydrogen-bond acceptors (Lipinski definition) is 3. The van der Waals surface area contributed by atoms with E-state index in [2.05, 4.69) is 0 Å². The van der Waals surface area contributed by atoms with Crippen LogP contribution in [0.2, 0.25) is 0 Å². The number of aliphatic hydroxyl groups is 1. The summed E-state index contributed by atoms with van der Waals surface area (Å²) in [6.07, 6.45) is 7.37. The van der Waals surface area contributed by atoms with E-state index < -0.39 is 0 Å². The maximum Gasteiger partial charge on any atom is 0.223 e. The monoisotopic (exact) mass is 269 g/mol. The predicted octanol–water partition coefficient (Wildman–Crippen LogP) is 1.96. The third-order valence-corrected chi connectivity index (χ3v) is 4.45. The summed E-state index contributed by atoms with van der Waals surface area (Å²) in [5.41, 5.74) is 0. The van der Waals surface area contributed by atoms with Crippen LogP contribution in [0, 0.1) is 5.92 Å². The molecule has 19 heavy (non-hydrogen) atoms. The Morgan fingerprint density at radius 3 is 2.63 bits per heavy atom. The van der Waals surface area contributed by atoms with E-state index in [0.717, 1.165) is 38.8 Å². The third-order valence-electron chi connectivity index (χ3n) is 4.45. The zero-order chi connectivity index (χ0) is 13.7. The number of aliphatic hydroxyl groups excluding tert-OH is 1. The highest BCUT2D eigenvalue weighted by Gasteiger charge is 2.34. The molecular formula is C15H27NO3. The normalized spacial score (nSPS) is 26.6. The lowest BCUT2D eigenvalue weighted by molar-refractivity contribution is -0.138. The Morgan fingerprint density at radius 1 is 1.37 bits per heavy atom. The third kappa shape index (κ3) is 3.93. The maximum atomic E-state index is 12.4. The SMILES string of the molecule is CCOC1CC(CC(=O)N(CCCO)C2CCC2)C1. The zero-order valence-corrected chi connectivity index (χ0v) is 12.0. The van der Waals surface area contributed by atoms with Gasteiger partial charge < -0.3 is 14.7 Å². The molecule has 2 aliphatic carbocycles. The van der Waals surface area contributed by atoms with E-state index >= 15 is 0 Å². The van der Waals surface area contributed by atoms with E-state index in [0.29, 0.717) is 30.9 Å². The molecule has 0 spiro atoms. The maximum absolute atomic E-state index is 12.4. The van der Waals surface area contributed by atoms with Crippen molar-refractivity contribution in [3.05, 3.63) is 0 Å². The average Bonchev–Trinajstić information content (AvgIpc) is 2.29. The molecule has 0 radical (unpaired) electrons. The Labute approximate surface area is 116 Å². The highest BCUT2D eigenvalue weighted by molar-refractivity contribution is 5.77. The summed E-state index contributed by atoms with van der Waals surface area (Å²) in [6, 6.07) is 0.446. The van der Waals surface area contributed by atoms with E-state index in [1.165, 1.54) is 6.42 Å². The number of carbonyl (C=O) groups is 1. The van der Waals surface area contributed by atoms with Crippen LogP contribution in [0.4, 0.5) is 0 Å². The van der Waals surface area contributed by atoms with Crippen molar-refractivity contribution in [3.63, 3.8) is 0 Å². The molecular weight excluding hydrogens is 242 g/mol. The van der Waals surface area contributed by atoms with Crippen molar-refractivity contribution < 1.29 is 14.6 Å². The summed E-state index contributed by atoms with van der Waals surface area (Å²) < 4.78 is 5.54. The van der Waals surface area contributed by atoms with Gasteiger partial charge in [0, 0.05) is 32.2 Å². The fraction of sp³-hybridized carbons (Fsp3) is 0.933. The molecule has 4 nitrogen and oxygen atoms in total. The molecule has 4 heteroatoms. The molecule has 0 aromatic heterocycles. The van der Waals surface area contributed by atoms with Crippen LogP contribution in [0.3, 0.4) is 0 Å². The second kappa shape index (κ2) is 7.25. The molecule has 0 aliphatic heterocycles. The van der Waals surface area contributed by atoms with E-state index in [-0.39, 0.29) is 12.5 Å². The van der Waals surface area contributed by atoms with Gasteiger partial charge in [0.25, 0.3) is 0 Å². The molecule has 1 amide bonds. The first-order chi connectivity index (χ1) is 9.24. The molecule has 2 saturated carbocycles. The van der Waals surface area contributed by atoms with Crippen LogP contribution < -0.4 is 0 Å². The number of rotatable bonds is 8. The van der Waals surface area contributed by atoms with Gasteiger partial charge in [-0.15, -0.1) is 0 Å². The number of carbonyl (C=O) groups excluding carboxylic acids is 1. The molecule has 1 N–H and O–H groups in total. The van der Waals surface area contributed by atoms with Crippen LogP contribution in [0.15, 0.2) is 0 Å². The van der Waals surface area contributed by atoms with Gasteiger partial charge in [0.15, 0.2) is 0 Å². The summed E-state index contributed by atoms with van der Waals surface area (Å²) in [4.78, 5) is 14.4. The molecule has 0 unspecified atom stereocenters. The number of nitrogens with zero attached hydrogens (tertiary/aromatic N) is 1. The van der Waals surface area contributed by atoms with E-state index in [4.69, 9.17) is 9.84 Å². The zero-order valence-electron chi connectivity index (χ0n) is 12.0. The second-order valence-electron chi connectivity index (χ2n) is 5.87. The topological polar surface area (TPSA) is 49.8 Å². The molecule has 0 bridgehead atoms. The van der Waals surface area contributed by atoms with Gasteiger partial charge in [0.1, 0.15) is 0 Å². The minimum absolute atomic E-state index is 0.173. The largest absolute Gasteiger partial charge is 0.396 e. The molecule has 2 fully saturated rings. The smallest absolute Gasteiger partial charge is 0.223 e. The molecule has 2 rings (SSSR count).